The molecule has 1 aromatic rings. The highest BCUT2D eigenvalue weighted by Crippen LogP contribution is 2.22. The predicted octanol–water partition coefficient (Wildman–Crippen LogP) is 2.24. The van der Waals surface area contributed by atoms with Crippen molar-refractivity contribution in [3.63, 3.8) is 0 Å². The third-order valence-electron chi connectivity index (χ3n) is 3.39. The van der Waals surface area contributed by atoms with E-state index in [9.17, 15) is 4.79 Å². The zero-order valence-corrected chi connectivity index (χ0v) is 11.4. The number of nitrogens with two attached hydrogens (primary N) is 1. The van der Waals surface area contributed by atoms with Crippen LogP contribution in [0.3, 0.4) is 0 Å². The molecule has 1 fully saturated rings. The summed E-state index contributed by atoms with van der Waals surface area (Å²) in [6, 6.07) is 3.65. The molecule has 2 unspecified atom stereocenters. The van der Waals surface area contributed by atoms with Crippen molar-refractivity contribution >= 4 is 21.8 Å². The molecule has 0 saturated carbocycles. The molecule has 1 aliphatic rings. The van der Waals surface area contributed by atoms with Gasteiger partial charge in [0.2, 0.25) is 0 Å². The van der Waals surface area contributed by atoms with Crippen molar-refractivity contribution in [2.45, 2.75) is 25.8 Å². The van der Waals surface area contributed by atoms with Crippen LogP contribution < -0.4 is 5.73 Å². The van der Waals surface area contributed by atoms with Gasteiger partial charge < -0.3 is 15.1 Å². The molecule has 94 valence electrons. The molecule has 2 N–H and O–H groups in total. The molecular formula is C12H17BrN2O2. The van der Waals surface area contributed by atoms with Gasteiger partial charge in [0.15, 0.2) is 10.4 Å². The number of rotatable bonds is 2. The molecule has 2 heterocycles. The van der Waals surface area contributed by atoms with E-state index in [2.05, 4.69) is 22.9 Å². The number of carbonyl (C=O) groups excluding carboxylic acids is 1. The standard InChI is InChI=1S/C12H17BrN2O2/c1-2-8-7-15(6-5-9(8)14)12(16)10-3-4-11(13)17-10/h3-4,8-9H,2,5-7,14H2,1H3. The van der Waals surface area contributed by atoms with Crippen molar-refractivity contribution < 1.29 is 9.21 Å². The summed E-state index contributed by atoms with van der Waals surface area (Å²) in [6.07, 6.45) is 1.87. The van der Waals surface area contributed by atoms with E-state index < -0.39 is 0 Å². The maximum atomic E-state index is 12.2. The molecule has 17 heavy (non-hydrogen) atoms. The van der Waals surface area contributed by atoms with Gasteiger partial charge in [-0.25, -0.2) is 0 Å². The van der Waals surface area contributed by atoms with E-state index in [-0.39, 0.29) is 11.9 Å². The van der Waals surface area contributed by atoms with Crippen molar-refractivity contribution in [2.75, 3.05) is 13.1 Å². The van der Waals surface area contributed by atoms with E-state index in [0.29, 0.717) is 16.3 Å². The quantitative estimate of drug-likeness (QED) is 0.911. The summed E-state index contributed by atoms with van der Waals surface area (Å²) in [5.74, 6) is 0.745. The van der Waals surface area contributed by atoms with Crippen LogP contribution in [-0.4, -0.2) is 29.9 Å². The van der Waals surface area contributed by atoms with Crippen molar-refractivity contribution in [2.24, 2.45) is 11.7 Å². The fourth-order valence-electron chi connectivity index (χ4n) is 2.25. The molecule has 1 amide bonds. The highest BCUT2D eigenvalue weighted by molar-refractivity contribution is 9.10. The van der Waals surface area contributed by atoms with Crippen molar-refractivity contribution in [3.05, 3.63) is 22.6 Å². The van der Waals surface area contributed by atoms with Gasteiger partial charge in [-0.15, -0.1) is 0 Å². The van der Waals surface area contributed by atoms with E-state index in [0.717, 1.165) is 25.9 Å². The van der Waals surface area contributed by atoms with Gasteiger partial charge in [-0.1, -0.05) is 13.3 Å². The van der Waals surface area contributed by atoms with Gasteiger partial charge in [-0.3, -0.25) is 4.79 Å². The Kier molecular flexibility index (Phi) is 3.89. The lowest BCUT2D eigenvalue weighted by atomic mass is 9.90. The number of halogens is 1. The fraction of sp³-hybridized carbons (Fsp3) is 0.583. The number of carbonyl (C=O) groups is 1. The van der Waals surface area contributed by atoms with Gasteiger partial charge in [0.1, 0.15) is 0 Å². The van der Waals surface area contributed by atoms with Gasteiger partial charge in [-0.2, -0.15) is 0 Å². The maximum Gasteiger partial charge on any atom is 0.289 e. The van der Waals surface area contributed by atoms with E-state index in [1.165, 1.54) is 0 Å². The Labute approximate surface area is 109 Å². The number of piperidine rings is 1. The second-order valence-electron chi connectivity index (χ2n) is 4.48. The third kappa shape index (κ3) is 2.72. The van der Waals surface area contributed by atoms with Gasteiger partial charge >= 0.3 is 0 Å². The van der Waals surface area contributed by atoms with Crippen LogP contribution in [0.1, 0.15) is 30.3 Å². The molecule has 0 bridgehead atoms. The van der Waals surface area contributed by atoms with Crippen LogP contribution >= 0.6 is 15.9 Å². The number of nitrogens with zero attached hydrogens (tertiary/aromatic N) is 1. The average Bonchev–Trinajstić information content (AvgIpc) is 2.75. The van der Waals surface area contributed by atoms with Crippen LogP contribution in [0.15, 0.2) is 21.2 Å². The first-order chi connectivity index (χ1) is 8.11. The Bertz CT molecular complexity index is 405. The molecule has 1 aliphatic heterocycles. The summed E-state index contributed by atoms with van der Waals surface area (Å²) < 4.78 is 5.87. The van der Waals surface area contributed by atoms with Crippen molar-refractivity contribution in [3.8, 4) is 0 Å². The topological polar surface area (TPSA) is 59.5 Å². The lowest BCUT2D eigenvalue weighted by Crippen LogP contribution is -2.48. The summed E-state index contributed by atoms with van der Waals surface area (Å²) in [5.41, 5.74) is 6.03. The third-order valence-corrected chi connectivity index (χ3v) is 3.81. The monoisotopic (exact) mass is 300 g/mol. The Morgan fingerprint density at radius 3 is 3.00 bits per heavy atom. The predicted molar refractivity (Wildman–Crippen MR) is 68.7 cm³/mol. The largest absolute Gasteiger partial charge is 0.444 e. The van der Waals surface area contributed by atoms with Crippen LogP contribution in [0, 0.1) is 5.92 Å². The first-order valence-electron chi connectivity index (χ1n) is 5.92. The number of furan rings is 1. The summed E-state index contributed by atoms with van der Waals surface area (Å²) >= 11 is 3.20. The molecule has 0 radical (unpaired) electrons. The first-order valence-corrected chi connectivity index (χ1v) is 6.71. The Balaban J connectivity index is 2.05. The summed E-state index contributed by atoms with van der Waals surface area (Å²) in [5, 5.41) is 0. The highest BCUT2D eigenvalue weighted by atomic mass is 79.9. The maximum absolute atomic E-state index is 12.2. The Morgan fingerprint density at radius 2 is 2.41 bits per heavy atom. The van der Waals surface area contributed by atoms with Gasteiger partial charge in [0.05, 0.1) is 0 Å². The molecule has 2 rings (SSSR count). The number of amides is 1. The van der Waals surface area contributed by atoms with Gasteiger partial charge in [0, 0.05) is 19.1 Å². The molecule has 5 heteroatoms. The molecule has 1 aromatic heterocycles. The van der Waals surface area contributed by atoms with Crippen molar-refractivity contribution in [1.82, 2.24) is 4.90 Å². The van der Waals surface area contributed by atoms with Crippen LogP contribution in [-0.2, 0) is 0 Å². The van der Waals surface area contributed by atoms with E-state index >= 15 is 0 Å². The lowest BCUT2D eigenvalue weighted by Gasteiger charge is -2.36. The minimum absolute atomic E-state index is 0.0407. The van der Waals surface area contributed by atoms with Crippen LogP contribution in [0.2, 0.25) is 0 Å². The van der Waals surface area contributed by atoms with E-state index in [1.807, 2.05) is 4.90 Å². The van der Waals surface area contributed by atoms with Crippen molar-refractivity contribution in [1.29, 1.82) is 0 Å². The Hall–Kier alpha value is -0.810. The Morgan fingerprint density at radius 1 is 1.65 bits per heavy atom. The molecule has 2 atom stereocenters. The summed E-state index contributed by atoms with van der Waals surface area (Å²) in [4.78, 5) is 14.0. The van der Waals surface area contributed by atoms with Crippen LogP contribution in [0.5, 0.6) is 0 Å². The molecule has 0 aromatic carbocycles. The van der Waals surface area contributed by atoms with Gasteiger partial charge in [0.25, 0.3) is 5.91 Å². The fourth-order valence-corrected chi connectivity index (χ4v) is 2.56. The smallest absolute Gasteiger partial charge is 0.289 e. The highest BCUT2D eigenvalue weighted by Gasteiger charge is 2.29. The van der Waals surface area contributed by atoms with Gasteiger partial charge in [-0.05, 0) is 40.4 Å². The second-order valence-corrected chi connectivity index (χ2v) is 5.26. The second kappa shape index (κ2) is 5.23. The number of hydrogen-bond acceptors (Lipinski definition) is 3. The molecule has 0 spiro atoms. The van der Waals surface area contributed by atoms with Crippen LogP contribution in [0.4, 0.5) is 0 Å². The molecular weight excluding hydrogens is 284 g/mol. The lowest BCUT2D eigenvalue weighted by molar-refractivity contribution is 0.0616. The first kappa shape index (κ1) is 12.6. The van der Waals surface area contributed by atoms with Crippen LogP contribution in [0.25, 0.3) is 0 Å². The number of likely N-dealkylation sites (tertiary alicyclic amines) is 1. The summed E-state index contributed by atoms with van der Waals surface area (Å²) in [7, 11) is 0. The minimum atomic E-state index is -0.0407. The van der Waals surface area contributed by atoms with E-state index in [4.69, 9.17) is 10.2 Å². The zero-order valence-electron chi connectivity index (χ0n) is 9.86. The SMILES string of the molecule is CCC1CN(C(=O)c2ccc(Br)o2)CCC1N. The minimum Gasteiger partial charge on any atom is -0.444 e. The normalized spacial score (nSPS) is 25.0. The number of hydrogen-bond donors (Lipinski definition) is 1. The molecule has 4 nitrogen and oxygen atoms in total. The average molecular weight is 301 g/mol. The zero-order chi connectivity index (χ0) is 12.4. The van der Waals surface area contributed by atoms with E-state index in [1.54, 1.807) is 12.1 Å². The summed E-state index contributed by atoms with van der Waals surface area (Å²) in [6.45, 7) is 3.56. The molecule has 1 saturated heterocycles. The molecule has 0 aliphatic carbocycles.